The third-order valence-electron chi connectivity index (χ3n) is 3.69. The molecule has 0 aliphatic heterocycles. The van der Waals surface area contributed by atoms with E-state index in [2.05, 4.69) is 53.7 Å². The van der Waals surface area contributed by atoms with Crippen molar-refractivity contribution >= 4 is 11.6 Å². The van der Waals surface area contributed by atoms with Gasteiger partial charge in [0.1, 0.15) is 0 Å². The van der Waals surface area contributed by atoms with Crippen LogP contribution in [0.5, 0.6) is 0 Å². The number of nitrogens with one attached hydrogen (secondary N) is 1. The van der Waals surface area contributed by atoms with Gasteiger partial charge < -0.3 is 5.32 Å². The Morgan fingerprint density at radius 1 is 1.09 bits per heavy atom. The van der Waals surface area contributed by atoms with Crippen LogP contribution in [0.25, 0.3) is 5.69 Å². The van der Waals surface area contributed by atoms with Crippen molar-refractivity contribution in [3.8, 4) is 5.69 Å². The lowest BCUT2D eigenvalue weighted by Crippen LogP contribution is -2.18. The quantitative estimate of drug-likeness (QED) is 0.758. The fraction of sp³-hybridized carbons (Fsp3) is 0.167. The molecule has 1 unspecified atom stereocenters. The van der Waals surface area contributed by atoms with E-state index >= 15 is 0 Å². The third kappa shape index (κ3) is 3.56. The molecule has 0 amide bonds. The molecular formula is C18H18ClN3. The summed E-state index contributed by atoms with van der Waals surface area (Å²) in [5.74, 6) is 0. The van der Waals surface area contributed by atoms with Gasteiger partial charge in [0.2, 0.25) is 0 Å². The highest BCUT2D eigenvalue weighted by Crippen LogP contribution is 2.17. The van der Waals surface area contributed by atoms with Crippen LogP contribution >= 0.6 is 11.6 Å². The maximum absolute atomic E-state index is 5.92. The molecule has 0 saturated carbocycles. The van der Waals surface area contributed by atoms with Gasteiger partial charge in [-0.15, -0.1) is 0 Å². The molecular weight excluding hydrogens is 294 g/mol. The van der Waals surface area contributed by atoms with Crippen molar-refractivity contribution in [2.24, 2.45) is 0 Å². The number of hydrogen-bond donors (Lipinski definition) is 1. The van der Waals surface area contributed by atoms with E-state index < -0.39 is 0 Å². The lowest BCUT2D eigenvalue weighted by Gasteiger charge is -2.14. The Hall–Kier alpha value is -2.10. The van der Waals surface area contributed by atoms with Gasteiger partial charge >= 0.3 is 0 Å². The third-order valence-corrected chi connectivity index (χ3v) is 3.94. The van der Waals surface area contributed by atoms with Crippen molar-refractivity contribution in [3.05, 3.63) is 83.1 Å². The average Bonchev–Trinajstić information content (AvgIpc) is 3.08. The van der Waals surface area contributed by atoms with Crippen molar-refractivity contribution in [1.82, 2.24) is 15.1 Å². The van der Waals surface area contributed by atoms with Crippen LogP contribution in [-0.4, -0.2) is 9.78 Å². The van der Waals surface area contributed by atoms with Crippen LogP contribution in [0, 0.1) is 0 Å². The summed E-state index contributed by atoms with van der Waals surface area (Å²) in [4.78, 5) is 0. The lowest BCUT2D eigenvalue weighted by atomic mass is 10.1. The van der Waals surface area contributed by atoms with Gasteiger partial charge in [-0.1, -0.05) is 35.9 Å². The number of aromatic nitrogens is 2. The van der Waals surface area contributed by atoms with Crippen LogP contribution in [0.2, 0.25) is 5.02 Å². The first-order valence-electron chi connectivity index (χ1n) is 7.30. The van der Waals surface area contributed by atoms with E-state index in [1.54, 1.807) is 6.20 Å². The fourth-order valence-corrected chi connectivity index (χ4v) is 2.45. The van der Waals surface area contributed by atoms with Crippen molar-refractivity contribution in [3.63, 3.8) is 0 Å². The van der Waals surface area contributed by atoms with Crippen molar-refractivity contribution in [2.45, 2.75) is 19.5 Å². The second-order valence-electron chi connectivity index (χ2n) is 5.27. The van der Waals surface area contributed by atoms with E-state index in [-0.39, 0.29) is 6.04 Å². The molecule has 0 aliphatic carbocycles. The Labute approximate surface area is 135 Å². The summed E-state index contributed by atoms with van der Waals surface area (Å²) in [6.07, 6.45) is 3.72. The summed E-state index contributed by atoms with van der Waals surface area (Å²) in [6, 6.07) is 18.6. The highest BCUT2D eigenvalue weighted by atomic mass is 35.5. The molecule has 1 atom stereocenters. The van der Waals surface area contributed by atoms with Gasteiger partial charge in [0.15, 0.2) is 0 Å². The Balaban J connectivity index is 1.60. The predicted molar refractivity (Wildman–Crippen MR) is 90.3 cm³/mol. The second kappa shape index (κ2) is 6.77. The van der Waals surface area contributed by atoms with Gasteiger partial charge in [0.05, 0.1) is 5.69 Å². The maximum Gasteiger partial charge on any atom is 0.0645 e. The molecule has 3 rings (SSSR count). The maximum atomic E-state index is 5.92. The number of rotatable bonds is 5. The molecule has 1 N–H and O–H groups in total. The Bertz CT molecular complexity index is 703. The molecule has 0 saturated heterocycles. The smallest absolute Gasteiger partial charge is 0.0645 e. The van der Waals surface area contributed by atoms with E-state index in [1.807, 2.05) is 29.1 Å². The van der Waals surface area contributed by atoms with Gasteiger partial charge in [-0.3, -0.25) is 0 Å². The van der Waals surface area contributed by atoms with Crippen LogP contribution in [0.1, 0.15) is 24.1 Å². The van der Waals surface area contributed by atoms with E-state index in [0.29, 0.717) is 0 Å². The molecule has 0 spiro atoms. The van der Waals surface area contributed by atoms with Crippen molar-refractivity contribution in [2.75, 3.05) is 0 Å². The first kappa shape index (κ1) is 14.8. The molecule has 4 heteroatoms. The van der Waals surface area contributed by atoms with Crippen LogP contribution in [0.3, 0.4) is 0 Å². The van der Waals surface area contributed by atoms with Crippen molar-refractivity contribution < 1.29 is 0 Å². The normalized spacial score (nSPS) is 12.3. The van der Waals surface area contributed by atoms with E-state index in [4.69, 9.17) is 11.6 Å². The summed E-state index contributed by atoms with van der Waals surface area (Å²) in [5, 5.41) is 8.52. The van der Waals surface area contributed by atoms with Gasteiger partial charge in [0.25, 0.3) is 0 Å². The van der Waals surface area contributed by atoms with Crippen LogP contribution in [0.15, 0.2) is 67.0 Å². The standard InChI is InChI=1S/C18H18ClN3/c1-14(16-5-7-17(19)8-6-16)20-13-15-3-9-18(10-4-15)22-12-2-11-21-22/h2-12,14,20H,13H2,1H3. The summed E-state index contributed by atoms with van der Waals surface area (Å²) in [6.45, 7) is 2.98. The van der Waals surface area contributed by atoms with Crippen LogP contribution in [0.4, 0.5) is 0 Å². The van der Waals surface area contributed by atoms with Gasteiger partial charge in [0, 0.05) is 30.0 Å². The second-order valence-corrected chi connectivity index (χ2v) is 5.71. The van der Waals surface area contributed by atoms with Gasteiger partial charge in [-0.05, 0) is 48.4 Å². The van der Waals surface area contributed by atoms with E-state index in [9.17, 15) is 0 Å². The number of benzene rings is 2. The number of hydrogen-bond acceptors (Lipinski definition) is 2. The minimum Gasteiger partial charge on any atom is -0.306 e. The predicted octanol–water partition coefficient (Wildman–Crippen LogP) is 4.38. The largest absolute Gasteiger partial charge is 0.306 e. The molecule has 0 aliphatic rings. The zero-order valence-electron chi connectivity index (χ0n) is 12.4. The Morgan fingerprint density at radius 3 is 2.45 bits per heavy atom. The van der Waals surface area contributed by atoms with E-state index in [0.717, 1.165) is 17.3 Å². The zero-order chi connectivity index (χ0) is 15.4. The lowest BCUT2D eigenvalue weighted by molar-refractivity contribution is 0.574. The van der Waals surface area contributed by atoms with Crippen LogP contribution < -0.4 is 5.32 Å². The minimum atomic E-state index is 0.281. The first-order chi connectivity index (χ1) is 10.7. The first-order valence-corrected chi connectivity index (χ1v) is 7.68. The molecule has 112 valence electrons. The Morgan fingerprint density at radius 2 is 1.82 bits per heavy atom. The Kier molecular flexibility index (Phi) is 4.56. The van der Waals surface area contributed by atoms with Gasteiger partial charge in [-0.25, -0.2) is 4.68 Å². The van der Waals surface area contributed by atoms with Crippen molar-refractivity contribution in [1.29, 1.82) is 0 Å². The summed E-state index contributed by atoms with van der Waals surface area (Å²) >= 11 is 5.92. The van der Waals surface area contributed by atoms with Crippen LogP contribution in [-0.2, 0) is 6.54 Å². The van der Waals surface area contributed by atoms with E-state index in [1.165, 1.54) is 11.1 Å². The van der Waals surface area contributed by atoms with Gasteiger partial charge in [-0.2, -0.15) is 5.10 Å². The number of halogens is 1. The molecule has 0 bridgehead atoms. The SMILES string of the molecule is CC(NCc1ccc(-n2cccn2)cc1)c1ccc(Cl)cc1. The summed E-state index contributed by atoms with van der Waals surface area (Å²) in [7, 11) is 0. The summed E-state index contributed by atoms with van der Waals surface area (Å²) in [5.41, 5.74) is 3.55. The number of nitrogens with zero attached hydrogens (tertiary/aromatic N) is 2. The monoisotopic (exact) mass is 311 g/mol. The molecule has 3 nitrogen and oxygen atoms in total. The average molecular weight is 312 g/mol. The zero-order valence-corrected chi connectivity index (χ0v) is 13.2. The molecule has 1 heterocycles. The molecule has 2 aromatic carbocycles. The fourth-order valence-electron chi connectivity index (χ4n) is 2.33. The molecule has 1 aromatic heterocycles. The molecule has 0 fully saturated rings. The molecule has 22 heavy (non-hydrogen) atoms. The highest BCUT2D eigenvalue weighted by molar-refractivity contribution is 6.30. The minimum absolute atomic E-state index is 0.281. The summed E-state index contributed by atoms with van der Waals surface area (Å²) < 4.78 is 1.85. The molecule has 3 aromatic rings. The topological polar surface area (TPSA) is 29.9 Å². The molecule has 0 radical (unpaired) electrons. The highest BCUT2D eigenvalue weighted by Gasteiger charge is 2.05.